The summed E-state index contributed by atoms with van der Waals surface area (Å²) in [6, 6.07) is 0.653. The van der Waals surface area contributed by atoms with E-state index in [-0.39, 0.29) is 0 Å². The lowest BCUT2D eigenvalue weighted by molar-refractivity contribution is -0.0255. The molecule has 0 amide bonds. The molecular formula is C17H32N2O. The molecule has 3 fully saturated rings. The average Bonchev–Trinajstić information content (AvgIpc) is 3.02. The zero-order valence-corrected chi connectivity index (χ0v) is 13.5. The summed E-state index contributed by atoms with van der Waals surface area (Å²) in [4.78, 5) is 2.81. The predicted molar refractivity (Wildman–Crippen MR) is 83.0 cm³/mol. The lowest BCUT2D eigenvalue weighted by Gasteiger charge is -2.50. The highest BCUT2D eigenvalue weighted by atomic mass is 16.5. The number of rotatable bonds is 3. The maximum atomic E-state index is 6.10. The Balaban J connectivity index is 1.68. The van der Waals surface area contributed by atoms with E-state index < -0.39 is 0 Å². The summed E-state index contributed by atoms with van der Waals surface area (Å²) in [5, 5.41) is 3.83. The van der Waals surface area contributed by atoms with E-state index >= 15 is 0 Å². The van der Waals surface area contributed by atoms with Gasteiger partial charge in [0.25, 0.3) is 0 Å². The Morgan fingerprint density at radius 1 is 1.25 bits per heavy atom. The Kier molecular flexibility index (Phi) is 4.40. The van der Waals surface area contributed by atoms with Crippen molar-refractivity contribution in [3.8, 4) is 0 Å². The fourth-order valence-corrected chi connectivity index (χ4v) is 4.43. The standard InChI is InChI=1S/C17H32N2O/c1-13(2)16-11-19(10-15-7-6-14(3)20-15)17(12-18-16)8-4-5-9-17/h13-16,18H,4-12H2,1-3H3. The molecule has 2 aliphatic heterocycles. The van der Waals surface area contributed by atoms with Crippen LogP contribution in [0.1, 0.15) is 59.3 Å². The Labute approximate surface area is 124 Å². The van der Waals surface area contributed by atoms with Gasteiger partial charge in [-0.15, -0.1) is 0 Å². The van der Waals surface area contributed by atoms with Crippen molar-refractivity contribution in [2.45, 2.75) is 83.1 Å². The van der Waals surface area contributed by atoms with E-state index in [1.165, 1.54) is 51.6 Å². The van der Waals surface area contributed by atoms with Gasteiger partial charge < -0.3 is 10.1 Å². The first kappa shape index (κ1) is 14.8. The van der Waals surface area contributed by atoms with Gasteiger partial charge in [-0.05, 0) is 38.5 Å². The summed E-state index contributed by atoms with van der Waals surface area (Å²) in [5.41, 5.74) is 0.445. The second-order valence-corrected chi connectivity index (χ2v) is 7.71. The first-order valence-corrected chi connectivity index (χ1v) is 8.73. The third-order valence-electron chi connectivity index (χ3n) is 5.86. The van der Waals surface area contributed by atoms with Crippen molar-refractivity contribution in [1.82, 2.24) is 10.2 Å². The largest absolute Gasteiger partial charge is 0.374 e. The maximum absolute atomic E-state index is 6.10. The molecule has 20 heavy (non-hydrogen) atoms. The van der Waals surface area contributed by atoms with Gasteiger partial charge in [0.1, 0.15) is 0 Å². The average molecular weight is 280 g/mol. The number of piperazine rings is 1. The molecule has 3 heteroatoms. The summed E-state index contributed by atoms with van der Waals surface area (Å²) in [6.07, 6.45) is 9.04. The minimum Gasteiger partial charge on any atom is -0.374 e. The Hall–Kier alpha value is -0.120. The minimum absolute atomic E-state index is 0.445. The Morgan fingerprint density at radius 2 is 2.00 bits per heavy atom. The fourth-order valence-electron chi connectivity index (χ4n) is 4.43. The van der Waals surface area contributed by atoms with Crippen LogP contribution in [0.3, 0.4) is 0 Å². The summed E-state index contributed by atoms with van der Waals surface area (Å²) in [6.45, 7) is 10.5. The van der Waals surface area contributed by atoms with Crippen LogP contribution in [0, 0.1) is 5.92 Å². The van der Waals surface area contributed by atoms with E-state index in [9.17, 15) is 0 Å². The summed E-state index contributed by atoms with van der Waals surface area (Å²) in [7, 11) is 0. The predicted octanol–water partition coefficient (Wildman–Crippen LogP) is 2.80. The number of nitrogens with zero attached hydrogens (tertiary/aromatic N) is 1. The molecule has 0 bridgehead atoms. The van der Waals surface area contributed by atoms with Crippen LogP contribution in [0.25, 0.3) is 0 Å². The van der Waals surface area contributed by atoms with Crippen molar-refractivity contribution < 1.29 is 4.74 Å². The highest BCUT2D eigenvalue weighted by molar-refractivity contribution is 5.03. The van der Waals surface area contributed by atoms with Crippen LogP contribution in [-0.4, -0.2) is 48.3 Å². The number of hydrogen-bond donors (Lipinski definition) is 1. The van der Waals surface area contributed by atoms with E-state index in [4.69, 9.17) is 4.74 Å². The quantitative estimate of drug-likeness (QED) is 0.860. The lowest BCUT2D eigenvalue weighted by atomic mass is 9.88. The van der Waals surface area contributed by atoms with Gasteiger partial charge >= 0.3 is 0 Å². The van der Waals surface area contributed by atoms with Crippen molar-refractivity contribution in [2.75, 3.05) is 19.6 Å². The van der Waals surface area contributed by atoms with Crippen molar-refractivity contribution >= 4 is 0 Å². The van der Waals surface area contributed by atoms with Crippen LogP contribution in [0.15, 0.2) is 0 Å². The molecule has 3 rings (SSSR count). The second kappa shape index (κ2) is 5.94. The Morgan fingerprint density at radius 3 is 2.60 bits per heavy atom. The summed E-state index contributed by atoms with van der Waals surface area (Å²) < 4.78 is 6.10. The number of nitrogens with one attached hydrogen (secondary N) is 1. The van der Waals surface area contributed by atoms with Gasteiger partial charge in [-0.3, -0.25) is 4.90 Å². The third-order valence-corrected chi connectivity index (χ3v) is 5.86. The van der Waals surface area contributed by atoms with Crippen LogP contribution >= 0.6 is 0 Å². The molecule has 3 nitrogen and oxygen atoms in total. The molecule has 2 saturated heterocycles. The molecule has 0 aromatic rings. The van der Waals surface area contributed by atoms with Gasteiger partial charge in [-0.1, -0.05) is 26.7 Å². The van der Waals surface area contributed by atoms with Crippen LogP contribution in [0.4, 0.5) is 0 Å². The molecule has 2 heterocycles. The first-order chi connectivity index (χ1) is 9.59. The number of hydrogen-bond acceptors (Lipinski definition) is 3. The molecule has 0 aromatic carbocycles. The van der Waals surface area contributed by atoms with Crippen LogP contribution in [-0.2, 0) is 4.74 Å². The van der Waals surface area contributed by atoms with E-state index in [1.54, 1.807) is 0 Å². The molecule has 3 aliphatic rings. The van der Waals surface area contributed by atoms with Crippen LogP contribution in [0.5, 0.6) is 0 Å². The molecule has 0 aromatic heterocycles. The van der Waals surface area contributed by atoms with Crippen LogP contribution < -0.4 is 5.32 Å². The van der Waals surface area contributed by atoms with Crippen molar-refractivity contribution in [2.24, 2.45) is 5.92 Å². The molecule has 1 saturated carbocycles. The fraction of sp³-hybridized carbons (Fsp3) is 1.00. The summed E-state index contributed by atoms with van der Waals surface area (Å²) in [5.74, 6) is 0.722. The first-order valence-electron chi connectivity index (χ1n) is 8.73. The molecule has 116 valence electrons. The maximum Gasteiger partial charge on any atom is 0.0706 e. The van der Waals surface area contributed by atoms with Gasteiger partial charge in [0.15, 0.2) is 0 Å². The highest BCUT2D eigenvalue weighted by Crippen LogP contribution is 2.38. The summed E-state index contributed by atoms with van der Waals surface area (Å²) >= 11 is 0. The zero-order valence-electron chi connectivity index (χ0n) is 13.5. The molecule has 1 N–H and O–H groups in total. The van der Waals surface area contributed by atoms with Gasteiger partial charge in [0.05, 0.1) is 12.2 Å². The van der Waals surface area contributed by atoms with Crippen LogP contribution in [0.2, 0.25) is 0 Å². The van der Waals surface area contributed by atoms with Crippen molar-refractivity contribution in [1.29, 1.82) is 0 Å². The molecule has 0 radical (unpaired) electrons. The van der Waals surface area contributed by atoms with Gasteiger partial charge in [0, 0.05) is 31.2 Å². The zero-order chi connectivity index (χ0) is 14.2. The van der Waals surface area contributed by atoms with E-state index in [0.717, 1.165) is 12.5 Å². The lowest BCUT2D eigenvalue weighted by Crippen LogP contribution is -2.65. The Bertz CT molecular complexity index is 325. The van der Waals surface area contributed by atoms with E-state index in [1.807, 2.05) is 0 Å². The topological polar surface area (TPSA) is 24.5 Å². The van der Waals surface area contributed by atoms with Crippen molar-refractivity contribution in [3.05, 3.63) is 0 Å². The minimum atomic E-state index is 0.445. The van der Waals surface area contributed by atoms with E-state index in [2.05, 4.69) is 31.0 Å². The molecule has 1 aliphatic carbocycles. The monoisotopic (exact) mass is 280 g/mol. The molecule has 1 spiro atoms. The highest BCUT2D eigenvalue weighted by Gasteiger charge is 2.44. The number of ether oxygens (including phenoxy) is 1. The van der Waals surface area contributed by atoms with E-state index in [0.29, 0.717) is 23.8 Å². The molecule has 3 unspecified atom stereocenters. The van der Waals surface area contributed by atoms with Gasteiger partial charge in [-0.2, -0.15) is 0 Å². The normalized spacial score (nSPS) is 38.1. The second-order valence-electron chi connectivity index (χ2n) is 7.71. The van der Waals surface area contributed by atoms with Crippen molar-refractivity contribution in [3.63, 3.8) is 0 Å². The van der Waals surface area contributed by atoms with Gasteiger partial charge in [0.2, 0.25) is 0 Å². The third kappa shape index (κ3) is 2.90. The molecule has 3 atom stereocenters. The SMILES string of the molecule is CC1CCC(CN2CC(C(C)C)NCC23CCCC3)O1. The molecular weight excluding hydrogens is 248 g/mol. The van der Waals surface area contributed by atoms with Gasteiger partial charge in [-0.25, -0.2) is 0 Å². The smallest absolute Gasteiger partial charge is 0.0706 e.